The fraction of sp³-hybridized carbons (Fsp3) is 0.690. The van der Waals surface area contributed by atoms with E-state index in [0.717, 1.165) is 17.0 Å². The van der Waals surface area contributed by atoms with Crippen molar-refractivity contribution in [1.29, 1.82) is 0 Å². The average molecular weight is 752 g/mol. The van der Waals surface area contributed by atoms with Crippen molar-refractivity contribution in [2.45, 2.75) is 123 Å². The van der Waals surface area contributed by atoms with Crippen LogP contribution < -0.4 is 0 Å². The summed E-state index contributed by atoms with van der Waals surface area (Å²) < 4.78 is 54.3. The molecule has 2 fully saturated rings. The quantitative estimate of drug-likeness (QED) is 0.135. The first-order valence-electron chi connectivity index (χ1n) is 13.3. The van der Waals surface area contributed by atoms with E-state index in [1.54, 1.807) is 0 Å². The van der Waals surface area contributed by atoms with E-state index in [2.05, 4.69) is 99.8 Å². The van der Waals surface area contributed by atoms with Crippen molar-refractivity contribution in [3.63, 3.8) is 0 Å². The van der Waals surface area contributed by atoms with Gasteiger partial charge in [-0.05, 0) is 120 Å². The zero-order valence-corrected chi connectivity index (χ0v) is 29.2. The summed E-state index contributed by atoms with van der Waals surface area (Å²) in [5.41, 5.74) is 2.69. The molecule has 4 nitrogen and oxygen atoms in total. The van der Waals surface area contributed by atoms with Gasteiger partial charge in [-0.1, -0.05) is 49.5 Å². The molecule has 0 amide bonds. The minimum atomic E-state index is -3.67. The summed E-state index contributed by atoms with van der Waals surface area (Å²) in [7, 11) is 0.262. The van der Waals surface area contributed by atoms with E-state index in [0.29, 0.717) is 6.42 Å². The normalized spacial score (nSPS) is 15.3. The fourth-order valence-electron chi connectivity index (χ4n) is 3.50. The first-order valence-corrected chi connectivity index (χ1v) is 15.9. The van der Waals surface area contributed by atoms with Gasteiger partial charge in [-0.25, -0.2) is 0 Å². The second-order valence-corrected chi connectivity index (χ2v) is 13.4. The maximum atomic E-state index is 9.67. The van der Waals surface area contributed by atoms with Crippen molar-refractivity contribution in [3.05, 3.63) is 58.3 Å². The third-order valence-electron chi connectivity index (χ3n) is 4.61. The van der Waals surface area contributed by atoms with Crippen molar-refractivity contribution in [2.75, 3.05) is 6.61 Å². The molecule has 1 N–H and O–H groups in total. The number of hydrogen-bond donors (Lipinski definition) is 1. The molecule has 247 valence electrons. The van der Waals surface area contributed by atoms with Gasteiger partial charge in [0.1, 0.15) is 0 Å². The standard InChI is InChI=1S/C9H21P.2C8H12.C3H7O.CHF3.Ag.Ni.H2O3S/c1-7(2)10(8(3)4)9(5)6;2*1-2-4-6-8-7-5-3-1;1-2-3-4;2-1(3)4;;;1-4(2)3/h7-9H,1-6H3;2*1-2,7-8H,3-6H2;4H,1-3H2;1H;;;(H2,1,2,3)/q;;;-1;;;+2;/p-2. The number of alkyl halides is 3. The van der Waals surface area contributed by atoms with E-state index in [4.69, 9.17) is 18.4 Å². The molecule has 0 heterocycles. The van der Waals surface area contributed by atoms with Gasteiger partial charge >= 0.3 is 23.2 Å². The summed E-state index contributed by atoms with van der Waals surface area (Å²) in [6, 6.07) is 0. The van der Waals surface area contributed by atoms with Gasteiger partial charge in [-0.3, -0.25) is 4.21 Å². The molecule has 2 aliphatic carbocycles. The molecule has 2 aliphatic rings. The average Bonchev–Trinajstić information content (AvgIpc) is 2.72. The molecule has 0 aromatic rings. The van der Waals surface area contributed by atoms with E-state index in [9.17, 15) is 13.2 Å². The molecular weight excluding hydrogens is 699 g/mol. The molecule has 0 atom stereocenters. The zero-order chi connectivity index (χ0) is 30.2. The molecule has 2 saturated carbocycles. The second kappa shape index (κ2) is 44.9. The Hall–Kier alpha value is 1.48. The van der Waals surface area contributed by atoms with Crippen LogP contribution in [0.2, 0.25) is 0 Å². The molecule has 9 radical (unpaired) electrons. The van der Waals surface area contributed by atoms with Crippen LogP contribution in [-0.2, 0) is 50.2 Å². The first kappa shape index (κ1) is 54.0. The Morgan fingerprint density at radius 1 is 0.700 bits per heavy atom. The zero-order valence-electron chi connectivity index (χ0n) is 25.0. The van der Waals surface area contributed by atoms with Crippen molar-refractivity contribution >= 4 is 19.3 Å². The molecule has 2 rings (SSSR count). The molecule has 0 saturated heterocycles. The van der Waals surface area contributed by atoms with E-state index in [1.165, 1.54) is 51.4 Å². The van der Waals surface area contributed by atoms with Gasteiger partial charge in [-0.2, -0.15) is 19.6 Å². The number of aliphatic hydroxyl groups is 1. The second-order valence-electron chi connectivity index (χ2n) is 8.95. The maximum Gasteiger partial charge on any atom is 2.00 e. The fourth-order valence-corrected chi connectivity index (χ4v) is 7.08. The van der Waals surface area contributed by atoms with E-state index in [1.807, 2.05) is 0 Å². The Kier molecular flexibility index (Phi) is 60.6. The van der Waals surface area contributed by atoms with Crippen LogP contribution in [0.1, 0.15) is 99.3 Å². The van der Waals surface area contributed by atoms with Crippen LogP contribution in [0, 0.1) is 58.3 Å². The predicted molar refractivity (Wildman–Crippen MR) is 158 cm³/mol. The van der Waals surface area contributed by atoms with Crippen molar-refractivity contribution in [2.24, 2.45) is 0 Å². The Bertz CT molecular complexity index is 368. The molecule has 0 aromatic heterocycles. The van der Waals surface area contributed by atoms with Crippen LogP contribution in [0.5, 0.6) is 0 Å². The van der Waals surface area contributed by atoms with Gasteiger partial charge in [0.05, 0.1) is 0 Å². The topological polar surface area (TPSA) is 83.4 Å². The Balaban J connectivity index is -0.0000000892. The van der Waals surface area contributed by atoms with E-state index < -0.39 is 18.0 Å². The SMILES string of the molecule is CC(C)P(C(C)C)C(C)C.FC(F)F.O=S([O-])[O-].[Ag].[CH2-]CCO.[CH]1[CH]CC[CH][CH]CC1.[CH]1[CH]CC[CH][CH]CC1.[Ni+2]. The van der Waals surface area contributed by atoms with Crippen molar-refractivity contribution < 1.29 is 70.5 Å². The molecule has 0 aromatic carbocycles. The smallest absolute Gasteiger partial charge is 0.784 e. The van der Waals surface area contributed by atoms with Gasteiger partial charge in [0.2, 0.25) is 0 Å². The van der Waals surface area contributed by atoms with E-state index in [-0.39, 0.29) is 53.4 Å². The Morgan fingerprint density at radius 2 is 0.825 bits per heavy atom. The molecule has 0 bridgehead atoms. The molecular formula is C29H53AgF3NiO4PS-. The minimum Gasteiger partial charge on any atom is -0.784 e. The number of hydrogen-bond acceptors (Lipinski definition) is 4. The van der Waals surface area contributed by atoms with Gasteiger partial charge < -0.3 is 21.1 Å². The van der Waals surface area contributed by atoms with Gasteiger partial charge in [-0.15, -0.1) is 11.4 Å². The maximum absolute atomic E-state index is 9.67. The summed E-state index contributed by atoms with van der Waals surface area (Å²) in [5, 5.41) is 7.81. The molecule has 11 heteroatoms. The van der Waals surface area contributed by atoms with Gasteiger partial charge in [0, 0.05) is 29.0 Å². The van der Waals surface area contributed by atoms with E-state index >= 15 is 0 Å². The summed E-state index contributed by atoms with van der Waals surface area (Å²) in [6.45, 7) is 14.0. The summed E-state index contributed by atoms with van der Waals surface area (Å²) in [5.74, 6) is 0. The number of aliphatic hydroxyl groups excluding tert-OH is 1. The minimum absolute atomic E-state index is 0. The third kappa shape index (κ3) is 62.9. The Labute approximate surface area is 276 Å². The number of rotatable bonds is 4. The van der Waals surface area contributed by atoms with Gasteiger partial charge in [0.15, 0.2) is 0 Å². The van der Waals surface area contributed by atoms with Crippen LogP contribution in [0.4, 0.5) is 13.2 Å². The van der Waals surface area contributed by atoms with Crippen LogP contribution in [0.15, 0.2) is 0 Å². The van der Waals surface area contributed by atoms with Crippen molar-refractivity contribution in [1.82, 2.24) is 0 Å². The summed E-state index contributed by atoms with van der Waals surface area (Å²) in [4.78, 5) is 0. The first-order chi connectivity index (χ1) is 17.8. The molecule has 0 aliphatic heterocycles. The monoisotopic (exact) mass is 750 g/mol. The molecule has 0 spiro atoms. The predicted octanol–water partition coefficient (Wildman–Crippen LogP) is 8.82. The molecule has 0 unspecified atom stereocenters. The Morgan fingerprint density at radius 3 is 0.875 bits per heavy atom. The van der Waals surface area contributed by atoms with Crippen LogP contribution in [0.3, 0.4) is 0 Å². The van der Waals surface area contributed by atoms with Crippen LogP contribution in [-0.4, -0.2) is 48.7 Å². The molecule has 40 heavy (non-hydrogen) atoms. The van der Waals surface area contributed by atoms with Crippen LogP contribution >= 0.6 is 7.92 Å². The summed E-state index contributed by atoms with van der Waals surface area (Å²) in [6.07, 6.45) is 28.6. The van der Waals surface area contributed by atoms with Crippen molar-refractivity contribution in [3.8, 4) is 0 Å². The van der Waals surface area contributed by atoms with Gasteiger partial charge in [0.25, 0.3) is 0 Å². The third-order valence-corrected chi connectivity index (χ3v) is 8.19. The summed E-state index contributed by atoms with van der Waals surface area (Å²) >= 11 is -3.11. The number of halogens is 3. The largest absolute Gasteiger partial charge is 2.00 e. The van der Waals surface area contributed by atoms with Crippen LogP contribution in [0.25, 0.3) is 0 Å².